The molecule has 1 N–H and O–H groups in total. The van der Waals surface area contributed by atoms with Crippen LogP contribution in [0.4, 0.5) is 0 Å². The Morgan fingerprint density at radius 2 is 1.88 bits per heavy atom. The summed E-state index contributed by atoms with van der Waals surface area (Å²) < 4.78 is 13.3. The van der Waals surface area contributed by atoms with E-state index < -0.39 is 0 Å². The van der Waals surface area contributed by atoms with Crippen LogP contribution in [0.2, 0.25) is 0 Å². The van der Waals surface area contributed by atoms with E-state index in [1.807, 2.05) is 42.5 Å². The molecular formula is C25H30N4O3S. The van der Waals surface area contributed by atoms with Crippen molar-refractivity contribution in [1.82, 2.24) is 20.1 Å². The average molecular weight is 467 g/mol. The summed E-state index contributed by atoms with van der Waals surface area (Å²) >= 11 is 1.42. The number of aromatic nitrogens is 3. The quantitative estimate of drug-likeness (QED) is 0.426. The Hall–Kier alpha value is -3.00. The standard InChI is InChI=1S/C25H30N4O3S/c1-31-21-12-7-13-22(16-21)32-17-23-27-28-25(29(23)15-14-19-8-3-2-4-9-19)33-18-24(30)26-20-10-5-6-11-20/h2-4,7-9,12-13,16,20H,5-6,10-11,14-15,17-18H2,1H3,(H,26,30). The number of ether oxygens (including phenoxy) is 2. The van der Waals surface area contributed by atoms with Crippen LogP contribution in [-0.4, -0.2) is 39.6 Å². The molecule has 3 aromatic rings. The average Bonchev–Trinajstić information content (AvgIpc) is 3.50. The van der Waals surface area contributed by atoms with Gasteiger partial charge in [0.05, 0.1) is 12.9 Å². The number of methoxy groups -OCH3 is 1. The first-order valence-corrected chi connectivity index (χ1v) is 12.3. The minimum Gasteiger partial charge on any atom is -0.497 e. The highest BCUT2D eigenvalue weighted by Crippen LogP contribution is 2.23. The molecule has 1 aliphatic carbocycles. The van der Waals surface area contributed by atoms with Gasteiger partial charge in [0.25, 0.3) is 0 Å². The maximum Gasteiger partial charge on any atom is 0.230 e. The number of nitrogens with one attached hydrogen (secondary N) is 1. The monoisotopic (exact) mass is 466 g/mol. The Balaban J connectivity index is 1.42. The molecule has 174 valence electrons. The van der Waals surface area contributed by atoms with Crippen LogP contribution in [0.5, 0.6) is 11.5 Å². The van der Waals surface area contributed by atoms with Crippen molar-refractivity contribution in [3.8, 4) is 11.5 Å². The number of rotatable bonds is 11. The van der Waals surface area contributed by atoms with Gasteiger partial charge in [-0.2, -0.15) is 0 Å². The molecular weight excluding hydrogens is 436 g/mol. The van der Waals surface area contributed by atoms with Crippen LogP contribution in [0.15, 0.2) is 59.8 Å². The number of thioether (sulfide) groups is 1. The fraction of sp³-hybridized carbons (Fsp3) is 0.400. The van der Waals surface area contributed by atoms with Gasteiger partial charge in [-0.3, -0.25) is 4.79 Å². The van der Waals surface area contributed by atoms with E-state index in [2.05, 4.69) is 32.2 Å². The van der Waals surface area contributed by atoms with Gasteiger partial charge in [-0.1, -0.05) is 61.0 Å². The summed E-state index contributed by atoms with van der Waals surface area (Å²) in [6.07, 6.45) is 5.39. The zero-order valence-electron chi connectivity index (χ0n) is 18.9. The molecule has 1 fully saturated rings. The van der Waals surface area contributed by atoms with Gasteiger partial charge in [-0.25, -0.2) is 0 Å². The molecule has 1 aromatic heterocycles. The van der Waals surface area contributed by atoms with Crippen LogP contribution in [0.1, 0.15) is 37.1 Å². The molecule has 0 bridgehead atoms. The van der Waals surface area contributed by atoms with Crippen LogP contribution in [0, 0.1) is 0 Å². The Morgan fingerprint density at radius 1 is 1.09 bits per heavy atom. The van der Waals surface area contributed by atoms with Gasteiger partial charge >= 0.3 is 0 Å². The molecule has 1 amide bonds. The molecule has 1 heterocycles. The molecule has 7 nitrogen and oxygen atoms in total. The van der Waals surface area contributed by atoms with E-state index in [1.54, 1.807) is 7.11 Å². The summed E-state index contributed by atoms with van der Waals surface area (Å²) in [5.41, 5.74) is 1.24. The second-order valence-corrected chi connectivity index (χ2v) is 9.03. The van der Waals surface area contributed by atoms with Gasteiger partial charge in [0, 0.05) is 18.7 Å². The predicted octanol–water partition coefficient (Wildman–Crippen LogP) is 4.26. The summed E-state index contributed by atoms with van der Waals surface area (Å²) in [4.78, 5) is 12.4. The molecule has 0 radical (unpaired) electrons. The minimum absolute atomic E-state index is 0.0543. The number of carbonyl (C=O) groups is 1. The highest BCUT2D eigenvalue weighted by atomic mass is 32.2. The number of aryl methyl sites for hydroxylation is 1. The molecule has 0 aliphatic heterocycles. The molecule has 0 unspecified atom stereocenters. The van der Waals surface area contributed by atoms with Gasteiger partial charge < -0.3 is 19.4 Å². The largest absolute Gasteiger partial charge is 0.497 e. The van der Waals surface area contributed by atoms with E-state index in [-0.39, 0.29) is 12.5 Å². The van der Waals surface area contributed by atoms with E-state index in [0.29, 0.717) is 24.1 Å². The Morgan fingerprint density at radius 3 is 2.67 bits per heavy atom. The molecule has 8 heteroatoms. The van der Waals surface area contributed by atoms with Gasteiger partial charge in [-0.05, 0) is 37.0 Å². The second kappa shape index (κ2) is 11.7. The third-order valence-electron chi connectivity index (χ3n) is 5.72. The van der Waals surface area contributed by atoms with Gasteiger partial charge in [0.15, 0.2) is 11.0 Å². The van der Waals surface area contributed by atoms with Crippen molar-refractivity contribution in [2.45, 2.75) is 56.5 Å². The molecule has 2 aromatic carbocycles. The first-order valence-electron chi connectivity index (χ1n) is 11.4. The lowest BCUT2D eigenvalue weighted by Crippen LogP contribution is -2.33. The fourth-order valence-electron chi connectivity index (χ4n) is 3.95. The Labute approximate surface area is 198 Å². The maximum atomic E-state index is 12.4. The topological polar surface area (TPSA) is 78.3 Å². The first kappa shape index (κ1) is 23.2. The Kier molecular flexibility index (Phi) is 8.24. The minimum atomic E-state index is 0.0543. The lowest BCUT2D eigenvalue weighted by Gasteiger charge is -2.13. The van der Waals surface area contributed by atoms with Crippen LogP contribution in [-0.2, 0) is 24.4 Å². The molecule has 0 atom stereocenters. The van der Waals surface area contributed by atoms with Crippen LogP contribution in [0.3, 0.4) is 0 Å². The SMILES string of the molecule is COc1cccc(OCc2nnc(SCC(=O)NC3CCCC3)n2CCc2ccccc2)c1. The smallest absolute Gasteiger partial charge is 0.230 e. The van der Waals surface area contributed by atoms with Crippen LogP contribution in [0.25, 0.3) is 0 Å². The number of benzene rings is 2. The van der Waals surface area contributed by atoms with E-state index >= 15 is 0 Å². The highest BCUT2D eigenvalue weighted by molar-refractivity contribution is 7.99. The third-order valence-corrected chi connectivity index (χ3v) is 6.69. The summed E-state index contributed by atoms with van der Waals surface area (Å²) in [6, 6.07) is 18.1. The van der Waals surface area contributed by atoms with E-state index in [1.165, 1.54) is 30.2 Å². The van der Waals surface area contributed by atoms with Crippen LogP contribution >= 0.6 is 11.8 Å². The zero-order valence-corrected chi connectivity index (χ0v) is 19.7. The van der Waals surface area contributed by atoms with Crippen molar-refractivity contribution in [2.75, 3.05) is 12.9 Å². The molecule has 0 saturated heterocycles. The molecule has 1 saturated carbocycles. The van der Waals surface area contributed by atoms with Crippen molar-refractivity contribution in [1.29, 1.82) is 0 Å². The third kappa shape index (κ3) is 6.74. The molecule has 4 rings (SSSR count). The van der Waals surface area contributed by atoms with Crippen molar-refractivity contribution in [2.24, 2.45) is 0 Å². The van der Waals surface area contributed by atoms with Gasteiger partial charge in [-0.15, -0.1) is 10.2 Å². The number of hydrogen-bond donors (Lipinski definition) is 1. The zero-order chi connectivity index (χ0) is 22.9. The van der Waals surface area contributed by atoms with Crippen molar-refractivity contribution >= 4 is 17.7 Å². The van der Waals surface area contributed by atoms with Crippen molar-refractivity contribution < 1.29 is 14.3 Å². The van der Waals surface area contributed by atoms with E-state index in [0.717, 1.165) is 36.0 Å². The van der Waals surface area contributed by atoms with Gasteiger partial charge in [0.1, 0.15) is 18.1 Å². The van der Waals surface area contributed by atoms with Crippen molar-refractivity contribution in [3.63, 3.8) is 0 Å². The lowest BCUT2D eigenvalue weighted by atomic mass is 10.1. The Bertz CT molecular complexity index is 1040. The fourth-order valence-corrected chi connectivity index (χ4v) is 4.75. The molecule has 1 aliphatic rings. The normalized spacial score (nSPS) is 13.7. The van der Waals surface area contributed by atoms with E-state index in [9.17, 15) is 4.79 Å². The van der Waals surface area contributed by atoms with E-state index in [4.69, 9.17) is 9.47 Å². The van der Waals surface area contributed by atoms with Gasteiger partial charge in [0.2, 0.25) is 5.91 Å². The lowest BCUT2D eigenvalue weighted by molar-refractivity contribution is -0.119. The summed E-state index contributed by atoms with van der Waals surface area (Å²) in [6.45, 7) is 0.990. The number of amides is 1. The number of carbonyl (C=O) groups excluding carboxylic acids is 1. The number of hydrogen-bond acceptors (Lipinski definition) is 6. The van der Waals surface area contributed by atoms with Crippen molar-refractivity contribution in [3.05, 3.63) is 66.0 Å². The molecule has 33 heavy (non-hydrogen) atoms. The highest BCUT2D eigenvalue weighted by Gasteiger charge is 2.19. The maximum absolute atomic E-state index is 12.4. The second-order valence-electron chi connectivity index (χ2n) is 8.09. The summed E-state index contributed by atoms with van der Waals surface area (Å²) in [5.74, 6) is 2.56. The first-order chi connectivity index (χ1) is 16.2. The summed E-state index contributed by atoms with van der Waals surface area (Å²) in [5, 5.41) is 12.6. The summed E-state index contributed by atoms with van der Waals surface area (Å²) in [7, 11) is 1.63. The molecule has 0 spiro atoms. The predicted molar refractivity (Wildman–Crippen MR) is 129 cm³/mol. The van der Waals surface area contributed by atoms with Crippen LogP contribution < -0.4 is 14.8 Å². The number of nitrogens with zero attached hydrogens (tertiary/aromatic N) is 3.